The zero-order valence-corrected chi connectivity index (χ0v) is 16.1. The van der Waals surface area contributed by atoms with Crippen LogP contribution in [0.15, 0.2) is 24.3 Å². The van der Waals surface area contributed by atoms with Gasteiger partial charge in [0.1, 0.15) is 6.04 Å². The molecule has 4 atom stereocenters. The Morgan fingerprint density at radius 3 is 2.29 bits per heavy atom. The number of alkyl halides is 3. The molecule has 2 unspecified atom stereocenters. The van der Waals surface area contributed by atoms with E-state index < -0.39 is 35.5 Å². The van der Waals surface area contributed by atoms with E-state index in [9.17, 15) is 32.7 Å². The number of rotatable bonds is 5. The molecule has 31 heavy (non-hydrogen) atoms. The van der Waals surface area contributed by atoms with E-state index in [0.717, 1.165) is 5.48 Å². The van der Waals surface area contributed by atoms with Gasteiger partial charge in [0.15, 0.2) is 5.60 Å². The zero-order chi connectivity index (χ0) is 23.4. The summed E-state index contributed by atoms with van der Waals surface area (Å²) in [5.41, 5.74) is 2.81. The highest BCUT2D eigenvalue weighted by Gasteiger charge is 2.58. The van der Waals surface area contributed by atoms with E-state index in [1.54, 1.807) is 5.32 Å². The largest absolute Gasteiger partial charge is 0.419 e. The number of hydrogen-bond donors (Lipinski definition) is 5. The number of benzene rings is 1. The van der Waals surface area contributed by atoms with Gasteiger partial charge in [-0.05, 0) is 49.5 Å². The summed E-state index contributed by atoms with van der Waals surface area (Å²) in [4.78, 5) is 34.8. The fourth-order valence-electron chi connectivity index (χ4n) is 2.51. The number of carbonyl (C=O) groups excluding carboxylic acids is 3. The van der Waals surface area contributed by atoms with Gasteiger partial charge in [-0.15, -0.1) is 0 Å². The molecule has 1 saturated carbocycles. The molecule has 0 aliphatic heterocycles. The zero-order valence-electron chi connectivity index (χ0n) is 16.1. The van der Waals surface area contributed by atoms with E-state index in [1.165, 1.54) is 24.3 Å². The van der Waals surface area contributed by atoms with Crippen LogP contribution in [0.5, 0.6) is 0 Å². The summed E-state index contributed by atoms with van der Waals surface area (Å²) in [6.07, 6.45) is -4.67. The smallest absolute Gasteiger partial charge is 0.379 e. The number of aliphatic hydroxyl groups is 1. The Labute approximate surface area is 174 Å². The molecule has 6 N–H and O–H groups in total. The van der Waals surface area contributed by atoms with E-state index in [1.807, 2.05) is 0 Å². The number of primary amides is 1. The van der Waals surface area contributed by atoms with Crippen molar-refractivity contribution in [3.8, 4) is 23.7 Å². The summed E-state index contributed by atoms with van der Waals surface area (Å²) in [5, 5.41) is 20.1. The van der Waals surface area contributed by atoms with Crippen LogP contribution in [0.25, 0.3) is 0 Å². The lowest BCUT2D eigenvalue weighted by Gasteiger charge is -2.33. The minimum Gasteiger partial charge on any atom is -0.379 e. The highest BCUT2D eigenvalue weighted by Crippen LogP contribution is 2.37. The predicted octanol–water partition coefficient (Wildman–Crippen LogP) is 0.0800. The van der Waals surface area contributed by atoms with E-state index >= 15 is 0 Å². The monoisotopic (exact) mass is 437 g/mol. The van der Waals surface area contributed by atoms with Gasteiger partial charge in [-0.1, -0.05) is 11.8 Å². The maximum Gasteiger partial charge on any atom is 0.419 e. The van der Waals surface area contributed by atoms with Crippen LogP contribution in [0, 0.1) is 35.5 Å². The van der Waals surface area contributed by atoms with Crippen LogP contribution in [0.4, 0.5) is 13.2 Å². The van der Waals surface area contributed by atoms with Crippen molar-refractivity contribution in [3.63, 3.8) is 0 Å². The Balaban J connectivity index is 2.08. The third-order valence-corrected chi connectivity index (χ3v) is 4.61. The van der Waals surface area contributed by atoms with Gasteiger partial charge in [0.25, 0.3) is 11.8 Å². The lowest BCUT2D eigenvalue weighted by Crippen LogP contribution is -2.64. The van der Waals surface area contributed by atoms with Crippen molar-refractivity contribution in [3.05, 3.63) is 35.4 Å². The topological polar surface area (TPSA) is 142 Å². The van der Waals surface area contributed by atoms with Crippen molar-refractivity contribution in [1.29, 1.82) is 0 Å². The van der Waals surface area contributed by atoms with Gasteiger partial charge in [-0.3, -0.25) is 19.6 Å². The Hall–Kier alpha value is -3.54. The summed E-state index contributed by atoms with van der Waals surface area (Å²) in [6, 6.07) is 2.78. The number of hydroxylamine groups is 1. The van der Waals surface area contributed by atoms with Crippen LogP contribution >= 0.6 is 0 Å². The molecular formula is C20H18F3N3O5. The van der Waals surface area contributed by atoms with Crippen LogP contribution < -0.4 is 16.5 Å². The van der Waals surface area contributed by atoms with Crippen molar-refractivity contribution < 1.29 is 37.9 Å². The fraction of sp³-hybridized carbons (Fsp3) is 0.350. The predicted molar refractivity (Wildman–Crippen MR) is 99.7 cm³/mol. The molecule has 1 fully saturated rings. The SMILES string of the molecule is C[C@](O)([C@H](NC(=O)c1ccc(C#CC#CC2CC2C(N)=O)cc1)C(=O)NO)C(F)(F)F. The molecule has 0 aromatic heterocycles. The van der Waals surface area contributed by atoms with Crippen LogP contribution in [0.1, 0.15) is 29.3 Å². The maximum atomic E-state index is 13.0. The normalized spacial score (nSPS) is 19.9. The molecule has 8 nitrogen and oxygen atoms in total. The Morgan fingerprint density at radius 1 is 1.19 bits per heavy atom. The lowest BCUT2D eigenvalue weighted by atomic mass is 9.94. The molecule has 3 amide bonds. The average molecular weight is 437 g/mol. The van der Waals surface area contributed by atoms with Crippen molar-refractivity contribution in [1.82, 2.24) is 10.8 Å². The summed E-state index contributed by atoms with van der Waals surface area (Å²) >= 11 is 0. The minimum atomic E-state index is -5.27. The molecule has 11 heteroatoms. The third kappa shape index (κ3) is 5.75. The third-order valence-electron chi connectivity index (χ3n) is 4.61. The first-order valence-electron chi connectivity index (χ1n) is 8.83. The number of amides is 3. The van der Waals surface area contributed by atoms with Gasteiger partial charge in [0.05, 0.1) is 5.92 Å². The van der Waals surface area contributed by atoms with Crippen molar-refractivity contribution in [2.24, 2.45) is 17.6 Å². The highest BCUT2D eigenvalue weighted by atomic mass is 19.4. The molecule has 1 aliphatic rings. The quantitative estimate of drug-likeness (QED) is 0.252. The molecule has 0 bridgehead atoms. The van der Waals surface area contributed by atoms with E-state index in [-0.39, 0.29) is 17.4 Å². The first kappa shape index (κ1) is 23.7. The molecule has 1 aromatic carbocycles. The first-order chi connectivity index (χ1) is 14.4. The van der Waals surface area contributed by atoms with E-state index in [4.69, 9.17) is 10.9 Å². The summed E-state index contributed by atoms with van der Waals surface area (Å²) in [6.45, 7) is 0.292. The number of carbonyl (C=O) groups is 3. The average Bonchev–Trinajstić information content (AvgIpc) is 3.48. The first-order valence-corrected chi connectivity index (χ1v) is 8.83. The Kier molecular flexibility index (Phi) is 6.95. The fourth-order valence-corrected chi connectivity index (χ4v) is 2.51. The van der Waals surface area contributed by atoms with Gasteiger partial charge < -0.3 is 16.2 Å². The molecular weight excluding hydrogens is 419 g/mol. The second-order valence-electron chi connectivity index (χ2n) is 6.98. The van der Waals surface area contributed by atoms with Gasteiger partial charge in [-0.2, -0.15) is 13.2 Å². The molecule has 2 rings (SSSR count). The van der Waals surface area contributed by atoms with Crippen molar-refractivity contribution in [2.45, 2.75) is 31.2 Å². The van der Waals surface area contributed by atoms with Crippen LogP contribution in [0.2, 0.25) is 0 Å². The molecule has 164 valence electrons. The minimum absolute atomic E-state index is 0.101. The maximum absolute atomic E-state index is 13.0. The summed E-state index contributed by atoms with van der Waals surface area (Å²) in [5.74, 6) is 7.15. The van der Waals surface area contributed by atoms with Crippen molar-refractivity contribution in [2.75, 3.05) is 0 Å². The van der Waals surface area contributed by atoms with Gasteiger partial charge in [0.2, 0.25) is 5.91 Å². The van der Waals surface area contributed by atoms with E-state index in [0.29, 0.717) is 18.9 Å². The Bertz CT molecular complexity index is 997. The van der Waals surface area contributed by atoms with Gasteiger partial charge >= 0.3 is 6.18 Å². The number of nitrogens with two attached hydrogens (primary N) is 1. The lowest BCUT2D eigenvalue weighted by molar-refractivity contribution is -0.260. The standard InChI is InChI=1S/C20H18F3N3O5/c1-19(30,20(21,22)23)15(18(29)26-31)25-17(28)12-8-6-11(7-9-12)4-2-3-5-13-10-14(13)16(24)27/h6-9,13-15,30-31H,10H2,1H3,(H2,24,27)(H,25,28)(H,26,29)/t13?,14?,15-,19+/m1/s1. The molecule has 0 heterocycles. The van der Waals surface area contributed by atoms with Crippen LogP contribution in [-0.4, -0.2) is 45.9 Å². The number of halogens is 3. The number of nitrogens with one attached hydrogen (secondary N) is 2. The molecule has 0 spiro atoms. The summed E-state index contributed by atoms with van der Waals surface area (Å²) in [7, 11) is 0. The van der Waals surface area contributed by atoms with Gasteiger partial charge in [-0.25, -0.2) is 5.48 Å². The highest BCUT2D eigenvalue weighted by molar-refractivity contribution is 5.98. The molecule has 1 aromatic rings. The van der Waals surface area contributed by atoms with Gasteiger partial charge in [0, 0.05) is 17.0 Å². The van der Waals surface area contributed by atoms with E-state index in [2.05, 4.69) is 23.7 Å². The molecule has 1 aliphatic carbocycles. The molecule has 0 radical (unpaired) electrons. The van der Waals surface area contributed by atoms with Crippen molar-refractivity contribution >= 4 is 17.7 Å². The van der Waals surface area contributed by atoms with Crippen LogP contribution in [0.3, 0.4) is 0 Å². The Morgan fingerprint density at radius 2 is 1.81 bits per heavy atom. The number of hydrogen-bond acceptors (Lipinski definition) is 5. The summed E-state index contributed by atoms with van der Waals surface area (Å²) < 4.78 is 39.1. The van der Waals surface area contributed by atoms with Crippen LogP contribution in [-0.2, 0) is 9.59 Å². The second-order valence-corrected chi connectivity index (χ2v) is 6.98. The second kappa shape index (κ2) is 9.08. The molecule has 0 saturated heterocycles.